The molecule has 1 aliphatic rings. The number of rotatable bonds is 6. The first-order valence-electron chi connectivity index (χ1n) is 8.58. The Labute approximate surface area is 147 Å². The van der Waals surface area contributed by atoms with Crippen LogP contribution in [-0.4, -0.2) is 25.1 Å². The van der Waals surface area contributed by atoms with Crippen LogP contribution in [0.15, 0.2) is 42.5 Å². The number of anilines is 2. The summed E-state index contributed by atoms with van der Waals surface area (Å²) >= 11 is 0. The third kappa shape index (κ3) is 4.02. The molecule has 2 aromatic rings. The number of ether oxygens (including phenoxy) is 1. The first-order chi connectivity index (χ1) is 12.2. The largest absolute Gasteiger partial charge is 0.496 e. The van der Waals surface area contributed by atoms with E-state index in [0.29, 0.717) is 12.3 Å². The normalized spacial score (nSPS) is 14.2. The minimum absolute atomic E-state index is 0.0712. The lowest BCUT2D eigenvalue weighted by molar-refractivity contribution is -0.384. The summed E-state index contributed by atoms with van der Waals surface area (Å²) in [5, 5.41) is 14.4. The molecule has 0 bridgehead atoms. The van der Waals surface area contributed by atoms with E-state index in [4.69, 9.17) is 4.74 Å². The summed E-state index contributed by atoms with van der Waals surface area (Å²) in [5.41, 5.74) is 3.07. The highest BCUT2D eigenvalue weighted by Crippen LogP contribution is 2.30. The maximum atomic E-state index is 11.0. The van der Waals surface area contributed by atoms with Crippen LogP contribution in [0.25, 0.3) is 0 Å². The molecule has 0 saturated carbocycles. The van der Waals surface area contributed by atoms with Crippen LogP contribution in [0.2, 0.25) is 0 Å². The lowest BCUT2D eigenvalue weighted by Gasteiger charge is -2.30. The van der Waals surface area contributed by atoms with Crippen molar-refractivity contribution in [1.82, 2.24) is 0 Å². The van der Waals surface area contributed by atoms with E-state index in [1.165, 1.54) is 31.0 Å². The third-order valence-electron chi connectivity index (χ3n) is 4.54. The van der Waals surface area contributed by atoms with Gasteiger partial charge in [0, 0.05) is 37.3 Å². The fourth-order valence-electron chi connectivity index (χ4n) is 3.24. The molecule has 0 aliphatic carbocycles. The van der Waals surface area contributed by atoms with E-state index in [2.05, 4.69) is 16.3 Å². The monoisotopic (exact) mass is 341 g/mol. The Hall–Kier alpha value is -2.76. The van der Waals surface area contributed by atoms with Crippen LogP contribution in [0.3, 0.4) is 0 Å². The van der Waals surface area contributed by atoms with E-state index in [0.717, 1.165) is 24.3 Å². The maximum Gasteiger partial charge on any atom is 0.270 e. The summed E-state index contributed by atoms with van der Waals surface area (Å²) in [5.74, 6) is 0.647. The lowest BCUT2D eigenvalue weighted by Crippen LogP contribution is -2.30. The van der Waals surface area contributed by atoms with E-state index in [1.807, 2.05) is 18.2 Å². The molecule has 1 saturated heterocycles. The van der Waals surface area contributed by atoms with Gasteiger partial charge in [-0.1, -0.05) is 12.1 Å². The van der Waals surface area contributed by atoms with Crippen LogP contribution in [0.4, 0.5) is 17.1 Å². The molecular formula is C19H23N3O3. The highest BCUT2D eigenvalue weighted by Gasteiger charge is 2.15. The van der Waals surface area contributed by atoms with Gasteiger partial charge in [0.2, 0.25) is 0 Å². The predicted molar refractivity (Wildman–Crippen MR) is 99.5 cm³/mol. The highest BCUT2D eigenvalue weighted by molar-refractivity contribution is 5.70. The second-order valence-corrected chi connectivity index (χ2v) is 6.17. The van der Waals surface area contributed by atoms with Crippen LogP contribution in [0.1, 0.15) is 24.8 Å². The average Bonchev–Trinajstić information content (AvgIpc) is 2.67. The van der Waals surface area contributed by atoms with E-state index < -0.39 is 0 Å². The Bertz CT molecular complexity index is 742. The molecule has 0 atom stereocenters. The highest BCUT2D eigenvalue weighted by atomic mass is 16.6. The van der Waals surface area contributed by atoms with Crippen LogP contribution in [0, 0.1) is 10.1 Å². The standard InChI is InChI=1S/C19H23N3O3/c1-25-19-10-9-16(22(23)24)13-15(19)14-20-17-7-3-4-8-18(17)21-11-5-2-6-12-21/h3-4,7-10,13,20H,2,5-6,11-12,14H2,1H3. The maximum absolute atomic E-state index is 11.0. The first kappa shape index (κ1) is 17.1. The van der Waals surface area contributed by atoms with E-state index in [9.17, 15) is 10.1 Å². The number of hydrogen-bond donors (Lipinski definition) is 1. The van der Waals surface area contributed by atoms with Crippen LogP contribution >= 0.6 is 0 Å². The summed E-state index contributed by atoms with van der Waals surface area (Å²) < 4.78 is 5.34. The Morgan fingerprint density at radius 2 is 1.92 bits per heavy atom. The molecule has 0 spiro atoms. The van der Waals surface area contributed by atoms with Crippen molar-refractivity contribution in [2.45, 2.75) is 25.8 Å². The van der Waals surface area contributed by atoms with Crippen molar-refractivity contribution in [3.05, 3.63) is 58.1 Å². The van der Waals surface area contributed by atoms with Gasteiger partial charge in [0.05, 0.1) is 23.4 Å². The number of methoxy groups -OCH3 is 1. The Morgan fingerprint density at radius 1 is 1.16 bits per heavy atom. The van der Waals surface area contributed by atoms with Gasteiger partial charge >= 0.3 is 0 Å². The van der Waals surface area contributed by atoms with E-state index in [-0.39, 0.29) is 10.6 Å². The second kappa shape index (κ2) is 7.88. The number of nitrogens with one attached hydrogen (secondary N) is 1. The minimum atomic E-state index is -0.384. The molecule has 0 aromatic heterocycles. The molecule has 2 aromatic carbocycles. The topological polar surface area (TPSA) is 67.6 Å². The van der Waals surface area contributed by atoms with E-state index >= 15 is 0 Å². The van der Waals surface area contributed by atoms with E-state index in [1.54, 1.807) is 19.2 Å². The van der Waals surface area contributed by atoms with Gasteiger partial charge < -0.3 is 15.0 Å². The van der Waals surface area contributed by atoms with Gasteiger partial charge in [-0.05, 0) is 37.5 Å². The molecule has 0 radical (unpaired) electrons. The van der Waals surface area contributed by atoms with Gasteiger partial charge in [-0.2, -0.15) is 0 Å². The molecule has 6 heteroatoms. The van der Waals surface area contributed by atoms with Crippen molar-refractivity contribution in [2.75, 3.05) is 30.4 Å². The molecule has 25 heavy (non-hydrogen) atoms. The lowest BCUT2D eigenvalue weighted by atomic mass is 10.1. The van der Waals surface area contributed by atoms with Crippen LogP contribution < -0.4 is 15.0 Å². The smallest absolute Gasteiger partial charge is 0.270 e. The number of nitro groups is 1. The minimum Gasteiger partial charge on any atom is -0.496 e. The Kier molecular flexibility index (Phi) is 5.38. The molecule has 0 amide bonds. The summed E-state index contributed by atoms with van der Waals surface area (Å²) in [6.45, 7) is 2.60. The molecular weight excluding hydrogens is 318 g/mol. The average molecular weight is 341 g/mol. The Balaban J connectivity index is 1.80. The fraction of sp³-hybridized carbons (Fsp3) is 0.368. The second-order valence-electron chi connectivity index (χ2n) is 6.17. The zero-order valence-corrected chi connectivity index (χ0v) is 14.4. The van der Waals surface area contributed by atoms with Crippen molar-refractivity contribution < 1.29 is 9.66 Å². The van der Waals surface area contributed by atoms with Crippen molar-refractivity contribution in [2.24, 2.45) is 0 Å². The number of benzene rings is 2. The number of hydrogen-bond acceptors (Lipinski definition) is 5. The third-order valence-corrected chi connectivity index (χ3v) is 4.54. The van der Waals surface area contributed by atoms with Crippen molar-refractivity contribution >= 4 is 17.1 Å². The van der Waals surface area contributed by atoms with Gasteiger partial charge in [-0.3, -0.25) is 10.1 Å². The van der Waals surface area contributed by atoms with Gasteiger partial charge in [-0.25, -0.2) is 0 Å². The number of nitro benzene ring substituents is 1. The first-order valence-corrected chi connectivity index (χ1v) is 8.58. The molecule has 3 rings (SSSR count). The molecule has 1 heterocycles. The summed E-state index contributed by atoms with van der Waals surface area (Å²) in [6, 6.07) is 12.9. The van der Waals surface area contributed by atoms with Gasteiger partial charge in [-0.15, -0.1) is 0 Å². The van der Waals surface area contributed by atoms with Gasteiger partial charge in [0.25, 0.3) is 5.69 Å². The molecule has 1 aliphatic heterocycles. The molecule has 0 unspecified atom stereocenters. The predicted octanol–water partition coefficient (Wildman–Crippen LogP) is 4.21. The number of non-ortho nitro benzene ring substituents is 1. The molecule has 1 fully saturated rings. The van der Waals surface area contributed by atoms with Crippen LogP contribution in [-0.2, 0) is 6.54 Å². The van der Waals surface area contributed by atoms with Crippen molar-refractivity contribution in [3.63, 3.8) is 0 Å². The fourth-order valence-corrected chi connectivity index (χ4v) is 3.24. The van der Waals surface area contributed by atoms with Crippen LogP contribution in [0.5, 0.6) is 5.75 Å². The molecule has 132 valence electrons. The number of piperidine rings is 1. The summed E-state index contributed by atoms with van der Waals surface area (Å²) in [6.07, 6.45) is 3.72. The Morgan fingerprint density at radius 3 is 2.64 bits per heavy atom. The van der Waals surface area contributed by atoms with Gasteiger partial charge in [0.1, 0.15) is 5.75 Å². The number of para-hydroxylation sites is 2. The van der Waals surface area contributed by atoms with Crippen molar-refractivity contribution in [3.8, 4) is 5.75 Å². The molecule has 1 N–H and O–H groups in total. The zero-order chi connectivity index (χ0) is 17.6. The quantitative estimate of drug-likeness (QED) is 0.630. The SMILES string of the molecule is COc1ccc([N+](=O)[O-])cc1CNc1ccccc1N1CCCCC1. The number of nitrogens with zero attached hydrogens (tertiary/aromatic N) is 2. The molecule has 6 nitrogen and oxygen atoms in total. The van der Waals surface area contributed by atoms with Crippen molar-refractivity contribution in [1.29, 1.82) is 0 Å². The summed E-state index contributed by atoms with van der Waals surface area (Å²) in [4.78, 5) is 13.0. The zero-order valence-electron chi connectivity index (χ0n) is 14.4. The van der Waals surface area contributed by atoms with Gasteiger partial charge in [0.15, 0.2) is 0 Å². The summed E-state index contributed by atoms with van der Waals surface area (Å²) in [7, 11) is 1.58.